The molecule has 154 valence electrons. The molecule has 2 aliphatic rings. The molecule has 2 saturated heterocycles. The number of ether oxygens (including phenoxy) is 1. The number of likely N-dealkylation sites (tertiary alicyclic amines) is 1. The molecule has 0 bridgehead atoms. The summed E-state index contributed by atoms with van der Waals surface area (Å²) >= 11 is 0. The van der Waals surface area contributed by atoms with E-state index < -0.39 is 0 Å². The molecule has 0 radical (unpaired) electrons. The van der Waals surface area contributed by atoms with Gasteiger partial charge in [0, 0.05) is 44.1 Å². The number of benzene rings is 1. The molecule has 1 unspecified atom stereocenters. The zero-order valence-corrected chi connectivity index (χ0v) is 17.5. The molecule has 1 spiro atoms. The first-order chi connectivity index (χ1) is 14.0. The van der Waals surface area contributed by atoms with Gasteiger partial charge in [0.2, 0.25) is 0 Å². The van der Waals surface area contributed by atoms with E-state index in [0.29, 0.717) is 6.54 Å². The summed E-state index contributed by atoms with van der Waals surface area (Å²) in [6.45, 7) is 7.74. The van der Waals surface area contributed by atoms with E-state index in [2.05, 4.69) is 33.4 Å². The Labute approximate surface area is 173 Å². The van der Waals surface area contributed by atoms with Crippen LogP contribution in [0.2, 0.25) is 0 Å². The number of amides is 1. The van der Waals surface area contributed by atoms with Crippen LogP contribution in [0.1, 0.15) is 52.7 Å². The van der Waals surface area contributed by atoms with Gasteiger partial charge in [-0.1, -0.05) is 17.2 Å². The second kappa shape index (κ2) is 8.64. The number of piperidine rings is 1. The highest BCUT2D eigenvalue weighted by Gasteiger charge is 2.42. The minimum atomic E-state index is -0.00600. The summed E-state index contributed by atoms with van der Waals surface area (Å²) in [5, 5.41) is 3.08. The van der Waals surface area contributed by atoms with Crippen molar-refractivity contribution in [1.29, 1.82) is 0 Å². The Morgan fingerprint density at radius 1 is 1.14 bits per heavy atom. The molecule has 1 atom stereocenters. The molecule has 5 heteroatoms. The Kier molecular flexibility index (Phi) is 5.97. The van der Waals surface area contributed by atoms with E-state index in [9.17, 15) is 4.79 Å². The number of carbonyl (C=O) groups excluding carboxylic acids is 1. The van der Waals surface area contributed by atoms with E-state index in [1.54, 1.807) is 0 Å². The fourth-order valence-corrected chi connectivity index (χ4v) is 4.69. The highest BCUT2D eigenvalue weighted by atomic mass is 16.5. The molecular formula is C24H31N3O2. The summed E-state index contributed by atoms with van der Waals surface area (Å²) in [7, 11) is 0. The predicted molar refractivity (Wildman–Crippen MR) is 114 cm³/mol. The van der Waals surface area contributed by atoms with Crippen molar-refractivity contribution in [2.45, 2.75) is 57.8 Å². The first kappa shape index (κ1) is 20.0. The number of pyridine rings is 1. The van der Waals surface area contributed by atoms with Crippen LogP contribution in [-0.2, 0) is 11.3 Å². The van der Waals surface area contributed by atoms with Gasteiger partial charge in [-0.25, -0.2) is 0 Å². The van der Waals surface area contributed by atoms with Crippen LogP contribution in [0.15, 0.2) is 42.7 Å². The molecule has 0 saturated carbocycles. The number of hydrogen-bond acceptors (Lipinski definition) is 4. The third-order valence-corrected chi connectivity index (χ3v) is 6.24. The average Bonchev–Trinajstić information content (AvgIpc) is 3.11. The number of aryl methyl sites for hydroxylation is 2. The van der Waals surface area contributed by atoms with Gasteiger partial charge in [0.05, 0.1) is 11.7 Å². The van der Waals surface area contributed by atoms with Crippen LogP contribution in [0.25, 0.3) is 0 Å². The normalized spacial score (nSPS) is 21.4. The standard InChI is InChI=1S/C24H31N3O2/c1-18-13-19(2)15-21(14-18)23(28)26-16-22-3-6-24(29-22)7-11-27(12-8-24)17-20-4-9-25-10-5-20/h4-5,9-10,13-15,22H,3,6-8,11-12,16-17H2,1-2H3,(H,26,28). The monoisotopic (exact) mass is 393 g/mol. The predicted octanol–water partition coefficient (Wildman–Crippen LogP) is 3.64. The topological polar surface area (TPSA) is 54.5 Å². The van der Waals surface area contributed by atoms with Gasteiger partial charge in [-0.15, -0.1) is 0 Å². The number of rotatable bonds is 5. The first-order valence-corrected chi connectivity index (χ1v) is 10.7. The van der Waals surface area contributed by atoms with Gasteiger partial charge >= 0.3 is 0 Å². The lowest BCUT2D eigenvalue weighted by Gasteiger charge is -2.39. The van der Waals surface area contributed by atoms with Crippen LogP contribution in [-0.4, -0.2) is 47.1 Å². The Morgan fingerprint density at radius 2 is 1.83 bits per heavy atom. The van der Waals surface area contributed by atoms with Crippen LogP contribution in [0.4, 0.5) is 0 Å². The van der Waals surface area contributed by atoms with E-state index in [0.717, 1.165) is 62.0 Å². The van der Waals surface area contributed by atoms with E-state index in [4.69, 9.17) is 4.74 Å². The van der Waals surface area contributed by atoms with Gasteiger partial charge in [-0.3, -0.25) is 14.7 Å². The maximum Gasteiger partial charge on any atom is 0.251 e. The number of nitrogens with one attached hydrogen (secondary N) is 1. The SMILES string of the molecule is Cc1cc(C)cc(C(=O)NCC2CCC3(CCN(Cc4ccncc4)CC3)O2)c1. The number of nitrogens with zero attached hydrogens (tertiary/aromatic N) is 2. The van der Waals surface area contributed by atoms with E-state index in [1.807, 2.05) is 38.4 Å². The molecule has 1 amide bonds. The lowest BCUT2D eigenvalue weighted by Crippen LogP contribution is -2.44. The third-order valence-electron chi connectivity index (χ3n) is 6.24. The fraction of sp³-hybridized carbons (Fsp3) is 0.500. The smallest absolute Gasteiger partial charge is 0.251 e. The Bertz CT molecular complexity index is 824. The van der Waals surface area contributed by atoms with Gasteiger partial charge in [0.25, 0.3) is 5.91 Å². The molecule has 3 heterocycles. The summed E-state index contributed by atoms with van der Waals surface area (Å²) in [5.41, 5.74) is 4.29. The van der Waals surface area contributed by atoms with Crippen molar-refractivity contribution in [1.82, 2.24) is 15.2 Å². The lowest BCUT2D eigenvalue weighted by atomic mass is 9.88. The molecule has 0 aliphatic carbocycles. The average molecular weight is 394 g/mol. The van der Waals surface area contributed by atoms with Crippen LogP contribution < -0.4 is 5.32 Å². The summed E-state index contributed by atoms with van der Waals surface area (Å²) in [6, 6.07) is 10.1. The molecule has 1 aromatic heterocycles. The second-order valence-corrected chi connectivity index (χ2v) is 8.68. The zero-order chi connectivity index (χ0) is 20.3. The highest BCUT2D eigenvalue weighted by molar-refractivity contribution is 5.94. The molecule has 1 N–H and O–H groups in total. The van der Waals surface area contributed by atoms with E-state index in [-0.39, 0.29) is 17.6 Å². The van der Waals surface area contributed by atoms with Crippen molar-refractivity contribution < 1.29 is 9.53 Å². The minimum absolute atomic E-state index is 0.00403. The Hall–Kier alpha value is -2.24. The van der Waals surface area contributed by atoms with Crippen molar-refractivity contribution in [3.8, 4) is 0 Å². The Morgan fingerprint density at radius 3 is 2.52 bits per heavy atom. The minimum Gasteiger partial charge on any atom is -0.370 e. The van der Waals surface area contributed by atoms with Crippen molar-refractivity contribution in [2.75, 3.05) is 19.6 Å². The first-order valence-electron chi connectivity index (χ1n) is 10.7. The number of carbonyl (C=O) groups is 1. The van der Waals surface area contributed by atoms with Crippen molar-refractivity contribution in [3.05, 3.63) is 65.0 Å². The zero-order valence-electron chi connectivity index (χ0n) is 17.5. The number of aromatic nitrogens is 1. The maximum absolute atomic E-state index is 12.5. The summed E-state index contributed by atoms with van der Waals surface area (Å²) in [6.07, 6.45) is 8.10. The van der Waals surface area contributed by atoms with E-state index in [1.165, 1.54) is 5.56 Å². The number of hydrogen-bond donors (Lipinski definition) is 1. The summed E-state index contributed by atoms with van der Waals surface area (Å²) < 4.78 is 6.47. The van der Waals surface area contributed by atoms with Gasteiger partial charge < -0.3 is 10.1 Å². The summed E-state index contributed by atoms with van der Waals surface area (Å²) in [5.74, 6) is -0.00600. The summed E-state index contributed by atoms with van der Waals surface area (Å²) in [4.78, 5) is 19.1. The molecule has 4 rings (SSSR count). The van der Waals surface area contributed by atoms with Crippen LogP contribution in [0.5, 0.6) is 0 Å². The maximum atomic E-state index is 12.5. The van der Waals surface area contributed by atoms with Gasteiger partial charge in [-0.05, 0) is 69.4 Å². The van der Waals surface area contributed by atoms with Crippen molar-refractivity contribution in [3.63, 3.8) is 0 Å². The lowest BCUT2D eigenvalue weighted by molar-refractivity contribution is -0.0764. The largest absolute Gasteiger partial charge is 0.370 e. The van der Waals surface area contributed by atoms with Crippen LogP contribution >= 0.6 is 0 Å². The van der Waals surface area contributed by atoms with Gasteiger partial charge in [-0.2, -0.15) is 0 Å². The van der Waals surface area contributed by atoms with Crippen LogP contribution in [0, 0.1) is 13.8 Å². The molecule has 2 aliphatic heterocycles. The molecule has 2 fully saturated rings. The van der Waals surface area contributed by atoms with Crippen LogP contribution in [0.3, 0.4) is 0 Å². The van der Waals surface area contributed by atoms with Gasteiger partial charge in [0.1, 0.15) is 0 Å². The molecule has 2 aromatic rings. The highest BCUT2D eigenvalue weighted by Crippen LogP contribution is 2.39. The van der Waals surface area contributed by atoms with Crippen molar-refractivity contribution >= 4 is 5.91 Å². The third kappa shape index (κ3) is 5.03. The molecule has 5 nitrogen and oxygen atoms in total. The van der Waals surface area contributed by atoms with Gasteiger partial charge in [0.15, 0.2) is 0 Å². The molecule has 29 heavy (non-hydrogen) atoms. The fourth-order valence-electron chi connectivity index (χ4n) is 4.69. The van der Waals surface area contributed by atoms with Crippen molar-refractivity contribution in [2.24, 2.45) is 0 Å². The second-order valence-electron chi connectivity index (χ2n) is 8.68. The quantitative estimate of drug-likeness (QED) is 0.843. The molecule has 1 aromatic carbocycles. The van der Waals surface area contributed by atoms with E-state index >= 15 is 0 Å². The Balaban J connectivity index is 1.24. The molecular weight excluding hydrogens is 362 g/mol.